The van der Waals surface area contributed by atoms with Gasteiger partial charge in [0.05, 0.1) is 11.3 Å². The van der Waals surface area contributed by atoms with Crippen LogP contribution in [0.1, 0.15) is 64.2 Å². The molecule has 2 aliphatic carbocycles. The first kappa shape index (κ1) is 16.3. The fraction of sp³-hybridized carbons (Fsp3) is 0.875. The van der Waals surface area contributed by atoms with Crippen molar-refractivity contribution in [3.8, 4) is 0 Å². The Balaban J connectivity index is 2.06. The van der Waals surface area contributed by atoms with Crippen LogP contribution in [0.5, 0.6) is 0 Å². The average Bonchev–Trinajstić information content (AvgIpc) is 2.73. The zero-order valence-electron chi connectivity index (χ0n) is 12.8. The Labute approximate surface area is 126 Å². The summed E-state index contributed by atoms with van der Waals surface area (Å²) in [6, 6.07) is -0.233. The lowest BCUT2D eigenvalue weighted by atomic mass is 9.73. The van der Waals surface area contributed by atoms with Crippen LogP contribution in [0.4, 0.5) is 0 Å². The van der Waals surface area contributed by atoms with Gasteiger partial charge in [0.15, 0.2) is 0 Å². The standard InChI is InChI=1S/C16H28N2O3/c17-11-16(9-5-2-6-10-16)15(21)18-13-8-4-1-3-7-12(13)14(19)20/h12-13H,1-11,17H2,(H,18,21)(H,19,20). The van der Waals surface area contributed by atoms with Crippen molar-refractivity contribution in [3.63, 3.8) is 0 Å². The van der Waals surface area contributed by atoms with E-state index in [0.717, 1.165) is 57.8 Å². The molecule has 0 heterocycles. The molecule has 0 aromatic rings. The summed E-state index contributed by atoms with van der Waals surface area (Å²) in [7, 11) is 0. The smallest absolute Gasteiger partial charge is 0.308 e. The Kier molecular flexibility index (Phi) is 5.62. The second-order valence-electron chi connectivity index (χ2n) is 6.71. The number of nitrogens with two attached hydrogens (primary N) is 1. The molecule has 0 bridgehead atoms. The molecule has 0 radical (unpaired) electrons. The van der Waals surface area contributed by atoms with E-state index in [1.807, 2.05) is 0 Å². The van der Waals surface area contributed by atoms with Gasteiger partial charge in [-0.25, -0.2) is 0 Å². The van der Waals surface area contributed by atoms with E-state index in [1.54, 1.807) is 0 Å². The Morgan fingerprint density at radius 3 is 2.29 bits per heavy atom. The van der Waals surface area contributed by atoms with Crippen LogP contribution in [-0.2, 0) is 9.59 Å². The number of carboxylic acids is 1. The number of aliphatic carboxylic acids is 1. The van der Waals surface area contributed by atoms with Gasteiger partial charge in [0, 0.05) is 12.6 Å². The molecule has 5 heteroatoms. The third-order valence-electron chi connectivity index (χ3n) is 5.33. The maximum Gasteiger partial charge on any atom is 0.308 e. The largest absolute Gasteiger partial charge is 0.481 e. The predicted molar refractivity (Wildman–Crippen MR) is 80.7 cm³/mol. The maximum atomic E-state index is 12.7. The Morgan fingerprint density at radius 1 is 1.05 bits per heavy atom. The van der Waals surface area contributed by atoms with Crippen molar-refractivity contribution in [2.24, 2.45) is 17.1 Å². The monoisotopic (exact) mass is 296 g/mol. The number of hydrogen-bond donors (Lipinski definition) is 3. The third-order valence-corrected chi connectivity index (χ3v) is 5.33. The number of nitrogens with one attached hydrogen (secondary N) is 1. The minimum atomic E-state index is -0.785. The molecule has 2 atom stereocenters. The molecule has 0 spiro atoms. The SMILES string of the molecule is NCC1(C(=O)NC2CCCCCC2C(=O)O)CCCCC1. The molecule has 2 rings (SSSR count). The lowest BCUT2D eigenvalue weighted by Crippen LogP contribution is -2.52. The molecule has 120 valence electrons. The molecule has 2 aliphatic rings. The number of rotatable bonds is 4. The van der Waals surface area contributed by atoms with Gasteiger partial charge in [0.2, 0.25) is 5.91 Å². The van der Waals surface area contributed by atoms with Crippen LogP contribution in [0.25, 0.3) is 0 Å². The van der Waals surface area contributed by atoms with Crippen LogP contribution >= 0.6 is 0 Å². The van der Waals surface area contributed by atoms with Crippen LogP contribution in [0.2, 0.25) is 0 Å². The zero-order valence-corrected chi connectivity index (χ0v) is 12.8. The van der Waals surface area contributed by atoms with Crippen molar-refractivity contribution in [2.75, 3.05) is 6.54 Å². The van der Waals surface area contributed by atoms with Gasteiger partial charge in [-0.1, -0.05) is 38.5 Å². The molecule has 21 heavy (non-hydrogen) atoms. The summed E-state index contributed by atoms with van der Waals surface area (Å²) in [5, 5.41) is 12.5. The van der Waals surface area contributed by atoms with Crippen LogP contribution < -0.4 is 11.1 Å². The second-order valence-corrected chi connectivity index (χ2v) is 6.71. The fourth-order valence-electron chi connectivity index (χ4n) is 3.85. The maximum absolute atomic E-state index is 12.7. The Morgan fingerprint density at radius 2 is 1.67 bits per heavy atom. The summed E-state index contributed by atoms with van der Waals surface area (Å²) in [5.41, 5.74) is 5.43. The molecular weight excluding hydrogens is 268 g/mol. The lowest BCUT2D eigenvalue weighted by Gasteiger charge is -2.36. The normalized spacial score (nSPS) is 29.4. The molecule has 2 saturated carbocycles. The number of carbonyl (C=O) groups excluding carboxylic acids is 1. The van der Waals surface area contributed by atoms with Crippen molar-refractivity contribution in [1.29, 1.82) is 0 Å². The van der Waals surface area contributed by atoms with Gasteiger partial charge in [0.25, 0.3) is 0 Å². The van der Waals surface area contributed by atoms with Crippen molar-refractivity contribution in [1.82, 2.24) is 5.32 Å². The second kappa shape index (κ2) is 7.25. The summed E-state index contributed by atoms with van der Waals surface area (Å²) in [6.45, 7) is 0.364. The van der Waals surface area contributed by atoms with Crippen molar-refractivity contribution >= 4 is 11.9 Å². The summed E-state index contributed by atoms with van der Waals surface area (Å²) < 4.78 is 0. The van der Waals surface area contributed by atoms with E-state index in [9.17, 15) is 14.7 Å². The third kappa shape index (κ3) is 3.76. The van der Waals surface area contributed by atoms with E-state index >= 15 is 0 Å². The minimum Gasteiger partial charge on any atom is -0.481 e. The Hall–Kier alpha value is -1.10. The highest BCUT2D eigenvalue weighted by Gasteiger charge is 2.40. The van der Waals surface area contributed by atoms with E-state index in [1.165, 1.54) is 0 Å². The van der Waals surface area contributed by atoms with E-state index in [2.05, 4.69) is 5.32 Å². The van der Waals surface area contributed by atoms with E-state index in [4.69, 9.17) is 5.73 Å². The molecule has 0 aromatic carbocycles. The molecule has 0 saturated heterocycles. The van der Waals surface area contributed by atoms with Crippen LogP contribution in [0.15, 0.2) is 0 Å². The van der Waals surface area contributed by atoms with Gasteiger partial charge in [-0.3, -0.25) is 9.59 Å². The lowest BCUT2D eigenvalue weighted by molar-refractivity contribution is -0.144. The first-order valence-electron chi connectivity index (χ1n) is 8.33. The first-order chi connectivity index (χ1) is 10.1. The van der Waals surface area contributed by atoms with Crippen LogP contribution in [0.3, 0.4) is 0 Å². The van der Waals surface area contributed by atoms with Gasteiger partial charge in [0.1, 0.15) is 0 Å². The molecule has 1 amide bonds. The molecule has 5 nitrogen and oxygen atoms in total. The van der Waals surface area contributed by atoms with E-state index in [-0.39, 0.29) is 11.9 Å². The van der Waals surface area contributed by atoms with Crippen LogP contribution in [-0.4, -0.2) is 29.6 Å². The van der Waals surface area contributed by atoms with E-state index in [0.29, 0.717) is 13.0 Å². The number of amides is 1. The number of carbonyl (C=O) groups is 2. The predicted octanol–water partition coefficient (Wildman–Crippen LogP) is 2.05. The summed E-state index contributed by atoms with van der Waals surface area (Å²) >= 11 is 0. The highest BCUT2D eigenvalue weighted by Crippen LogP contribution is 2.36. The highest BCUT2D eigenvalue weighted by atomic mass is 16.4. The van der Waals surface area contributed by atoms with Crippen molar-refractivity contribution in [3.05, 3.63) is 0 Å². The van der Waals surface area contributed by atoms with Crippen molar-refractivity contribution < 1.29 is 14.7 Å². The molecule has 2 unspecified atom stereocenters. The quantitative estimate of drug-likeness (QED) is 0.692. The molecule has 0 aliphatic heterocycles. The molecule has 2 fully saturated rings. The van der Waals surface area contributed by atoms with E-state index < -0.39 is 17.3 Å². The first-order valence-corrected chi connectivity index (χ1v) is 8.33. The number of hydrogen-bond acceptors (Lipinski definition) is 3. The van der Waals surface area contributed by atoms with Gasteiger partial charge in [-0.2, -0.15) is 0 Å². The molecular formula is C16H28N2O3. The van der Waals surface area contributed by atoms with Gasteiger partial charge in [-0.05, 0) is 25.7 Å². The number of carboxylic acid groups (broad SMARTS) is 1. The fourth-order valence-corrected chi connectivity index (χ4v) is 3.85. The van der Waals surface area contributed by atoms with Gasteiger partial charge < -0.3 is 16.2 Å². The molecule has 0 aromatic heterocycles. The minimum absolute atomic E-state index is 0.0112. The summed E-state index contributed by atoms with van der Waals surface area (Å²) in [4.78, 5) is 24.2. The average molecular weight is 296 g/mol. The van der Waals surface area contributed by atoms with Crippen molar-refractivity contribution in [2.45, 2.75) is 70.3 Å². The molecule has 4 N–H and O–H groups in total. The van der Waals surface area contributed by atoms with Gasteiger partial charge in [-0.15, -0.1) is 0 Å². The highest BCUT2D eigenvalue weighted by molar-refractivity contribution is 5.84. The topological polar surface area (TPSA) is 92.4 Å². The Bertz CT molecular complexity index is 378. The van der Waals surface area contributed by atoms with Crippen LogP contribution in [0, 0.1) is 11.3 Å². The zero-order chi connectivity index (χ0) is 15.3. The summed E-state index contributed by atoms with van der Waals surface area (Å²) in [6.07, 6.45) is 9.32. The summed E-state index contributed by atoms with van der Waals surface area (Å²) in [5.74, 6) is -1.25. The van der Waals surface area contributed by atoms with Gasteiger partial charge >= 0.3 is 5.97 Å².